The van der Waals surface area contributed by atoms with E-state index >= 15 is 0 Å². The van der Waals surface area contributed by atoms with Gasteiger partial charge in [0.15, 0.2) is 10.6 Å². The molecule has 9 heteroatoms. The van der Waals surface area contributed by atoms with Crippen LogP contribution in [0.2, 0.25) is 10.0 Å². The van der Waals surface area contributed by atoms with Crippen molar-refractivity contribution in [3.05, 3.63) is 67.4 Å². The van der Waals surface area contributed by atoms with Gasteiger partial charge < -0.3 is 0 Å². The molecule has 0 saturated carbocycles. The smallest absolute Gasteiger partial charge is 0.219 e. The lowest BCUT2D eigenvalue weighted by Gasteiger charge is -2.30. The van der Waals surface area contributed by atoms with Crippen molar-refractivity contribution in [2.75, 3.05) is 0 Å². The standard InChI is InChI=1S/C17H10BrCl2F4NS/c1-8-2-3-9(4-11(8)18)14-7-16(26-25-14,17(22,23)24)10-5-12(19)15(21)13(20)6-10/h2-6H,7H2,1H3. The first-order valence-electron chi connectivity index (χ1n) is 7.28. The highest BCUT2D eigenvalue weighted by Gasteiger charge is 2.60. The van der Waals surface area contributed by atoms with Crippen molar-refractivity contribution in [2.45, 2.75) is 24.3 Å². The molecular formula is C17H10BrCl2F4NS. The Morgan fingerprint density at radius 2 is 1.77 bits per heavy atom. The van der Waals surface area contributed by atoms with Crippen LogP contribution in [0.3, 0.4) is 0 Å². The van der Waals surface area contributed by atoms with Crippen molar-refractivity contribution in [1.82, 2.24) is 0 Å². The summed E-state index contributed by atoms with van der Waals surface area (Å²) >= 11 is 15.2. The molecule has 3 rings (SSSR count). The molecule has 1 nitrogen and oxygen atoms in total. The van der Waals surface area contributed by atoms with Crippen LogP contribution in [0.4, 0.5) is 17.6 Å². The Labute approximate surface area is 170 Å². The molecule has 26 heavy (non-hydrogen) atoms. The number of benzene rings is 2. The largest absolute Gasteiger partial charge is 0.409 e. The summed E-state index contributed by atoms with van der Waals surface area (Å²) in [6.07, 6.45) is -5.05. The molecule has 0 fully saturated rings. The third kappa shape index (κ3) is 3.39. The lowest BCUT2D eigenvalue weighted by atomic mass is 9.89. The highest BCUT2D eigenvalue weighted by molar-refractivity contribution is 9.10. The first-order valence-corrected chi connectivity index (χ1v) is 9.61. The Balaban J connectivity index is 2.06. The molecule has 0 radical (unpaired) electrons. The van der Waals surface area contributed by atoms with Gasteiger partial charge in [-0.25, -0.2) is 8.79 Å². The molecule has 0 spiro atoms. The fraction of sp³-hybridized carbons (Fsp3) is 0.235. The highest BCUT2D eigenvalue weighted by atomic mass is 79.9. The lowest BCUT2D eigenvalue weighted by molar-refractivity contribution is -0.159. The lowest BCUT2D eigenvalue weighted by Crippen LogP contribution is -2.38. The van der Waals surface area contributed by atoms with Crippen LogP contribution in [0.15, 0.2) is 39.2 Å². The number of hydrogen-bond acceptors (Lipinski definition) is 2. The Morgan fingerprint density at radius 3 is 2.31 bits per heavy atom. The van der Waals surface area contributed by atoms with Gasteiger partial charge in [-0.3, -0.25) is 0 Å². The van der Waals surface area contributed by atoms with Gasteiger partial charge >= 0.3 is 6.18 Å². The molecule has 0 bridgehead atoms. The van der Waals surface area contributed by atoms with Gasteiger partial charge in [-0.15, -0.1) is 0 Å². The minimum atomic E-state index is -4.64. The average Bonchev–Trinajstić information content (AvgIpc) is 3.01. The van der Waals surface area contributed by atoms with E-state index in [0.717, 1.165) is 22.2 Å². The molecule has 0 aromatic heterocycles. The van der Waals surface area contributed by atoms with E-state index in [1.807, 2.05) is 6.92 Å². The first-order chi connectivity index (χ1) is 12.0. The summed E-state index contributed by atoms with van der Waals surface area (Å²) in [4.78, 5) is 0. The van der Waals surface area contributed by atoms with E-state index < -0.39 is 33.2 Å². The Morgan fingerprint density at radius 1 is 1.15 bits per heavy atom. The fourth-order valence-corrected chi connectivity index (χ4v) is 4.45. The van der Waals surface area contributed by atoms with Gasteiger partial charge in [0, 0.05) is 10.9 Å². The van der Waals surface area contributed by atoms with Crippen LogP contribution >= 0.6 is 51.1 Å². The average molecular weight is 487 g/mol. The summed E-state index contributed by atoms with van der Waals surface area (Å²) in [6.45, 7) is 1.88. The predicted octanol–water partition coefficient (Wildman–Crippen LogP) is 7.50. The minimum Gasteiger partial charge on any atom is -0.219 e. The maximum absolute atomic E-state index is 14.0. The predicted molar refractivity (Wildman–Crippen MR) is 102 cm³/mol. The summed E-state index contributed by atoms with van der Waals surface area (Å²) in [6, 6.07) is 7.17. The van der Waals surface area contributed by atoms with Crippen molar-refractivity contribution >= 4 is 56.8 Å². The van der Waals surface area contributed by atoms with E-state index in [1.165, 1.54) is 0 Å². The molecule has 0 aliphatic carbocycles. The molecule has 0 amide bonds. The third-order valence-electron chi connectivity index (χ3n) is 4.14. The summed E-state index contributed by atoms with van der Waals surface area (Å²) in [7, 11) is 0. The molecule has 1 atom stereocenters. The quantitative estimate of drug-likeness (QED) is 0.243. The summed E-state index contributed by atoms with van der Waals surface area (Å²) in [5.74, 6) is -0.944. The van der Waals surface area contributed by atoms with Crippen LogP contribution in [0.25, 0.3) is 0 Å². The zero-order chi connectivity index (χ0) is 19.3. The Hall–Kier alpha value is -0.760. The summed E-state index contributed by atoms with van der Waals surface area (Å²) < 4.78 is 58.2. The topological polar surface area (TPSA) is 12.4 Å². The molecule has 1 aliphatic heterocycles. The molecule has 0 N–H and O–H groups in total. The van der Waals surface area contributed by atoms with Crippen LogP contribution in [0.1, 0.15) is 23.1 Å². The van der Waals surface area contributed by atoms with Gasteiger partial charge in [0.1, 0.15) is 0 Å². The van der Waals surface area contributed by atoms with Crippen molar-refractivity contribution < 1.29 is 17.6 Å². The first kappa shape index (κ1) is 20.0. The minimum absolute atomic E-state index is 0.226. The van der Waals surface area contributed by atoms with Gasteiger partial charge in [-0.05, 0) is 53.8 Å². The Bertz CT molecular complexity index is 893. The van der Waals surface area contributed by atoms with Gasteiger partial charge in [0.05, 0.1) is 15.8 Å². The van der Waals surface area contributed by atoms with E-state index in [-0.39, 0.29) is 5.56 Å². The van der Waals surface area contributed by atoms with E-state index in [9.17, 15) is 17.6 Å². The number of rotatable bonds is 2. The van der Waals surface area contributed by atoms with Crippen LogP contribution in [0.5, 0.6) is 0 Å². The maximum Gasteiger partial charge on any atom is 0.409 e. The Kier molecular flexibility index (Phi) is 5.38. The molecule has 2 aromatic carbocycles. The molecule has 138 valence electrons. The van der Waals surface area contributed by atoms with Crippen LogP contribution in [0, 0.1) is 12.7 Å². The van der Waals surface area contributed by atoms with Crippen molar-refractivity contribution in [1.29, 1.82) is 0 Å². The molecule has 1 unspecified atom stereocenters. The van der Waals surface area contributed by atoms with Crippen LogP contribution in [-0.2, 0) is 4.75 Å². The van der Waals surface area contributed by atoms with E-state index in [4.69, 9.17) is 23.2 Å². The second-order valence-corrected chi connectivity index (χ2v) is 8.58. The van der Waals surface area contributed by atoms with Crippen molar-refractivity contribution in [3.63, 3.8) is 0 Å². The molecule has 1 aliphatic rings. The van der Waals surface area contributed by atoms with E-state index in [1.54, 1.807) is 18.2 Å². The van der Waals surface area contributed by atoms with Gasteiger partial charge in [-0.2, -0.15) is 13.2 Å². The monoisotopic (exact) mass is 485 g/mol. The summed E-state index contributed by atoms with van der Waals surface area (Å²) in [5, 5.41) is -0.911. The van der Waals surface area contributed by atoms with Gasteiger partial charge in [-0.1, -0.05) is 51.3 Å². The van der Waals surface area contributed by atoms with Gasteiger partial charge in [0.2, 0.25) is 0 Å². The summed E-state index contributed by atoms with van der Waals surface area (Å²) in [5.41, 5.74) is 1.61. The van der Waals surface area contributed by atoms with Crippen molar-refractivity contribution in [3.8, 4) is 0 Å². The van der Waals surface area contributed by atoms with Crippen LogP contribution < -0.4 is 0 Å². The van der Waals surface area contributed by atoms with Crippen molar-refractivity contribution in [2.24, 2.45) is 4.40 Å². The molecular weight excluding hydrogens is 477 g/mol. The third-order valence-corrected chi connectivity index (χ3v) is 6.78. The molecule has 2 aromatic rings. The molecule has 1 heterocycles. The fourth-order valence-electron chi connectivity index (χ4n) is 2.62. The van der Waals surface area contributed by atoms with Crippen LogP contribution in [-0.4, -0.2) is 11.9 Å². The van der Waals surface area contributed by atoms with E-state index in [0.29, 0.717) is 23.2 Å². The number of nitrogens with zero attached hydrogens (tertiary/aromatic N) is 1. The number of hydrogen-bond donors (Lipinski definition) is 0. The SMILES string of the molecule is Cc1ccc(C2=NSC(c3cc(Cl)c(F)c(Cl)c3)(C(F)(F)F)C2)cc1Br. The normalized spacial score (nSPS) is 20.4. The second kappa shape index (κ2) is 7.00. The van der Waals surface area contributed by atoms with Gasteiger partial charge in [0.25, 0.3) is 0 Å². The highest BCUT2D eigenvalue weighted by Crippen LogP contribution is 2.57. The zero-order valence-corrected chi connectivity index (χ0v) is 17.0. The van der Waals surface area contributed by atoms with E-state index in [2.05, 4.69) is 20.3 Å². The number of aryl methyl sites for hydroxylation is 1. The maximum atomic E-state index is 14.0. The second-order valence-electron chi connectivity index (χ2n) is 5.85. The molecule has 0 saturated heterocycles. The zero-order valence-electron chi connectivity index (χ0n) is 13.1. The number of alkyl halides is 3. The number of halogens is 7.